The molecule has 2 aromatic rings. The van der Waals surface area contributed by atoms with Gasteiger partial charge in [0.25, 0.3) is 0 Å². The van der Waals surface area contributed by atoms with E-state index in [-0.39, 0.29) is 18.3 Å². The number of para-hydroxylation sites is 1. The Morgan fingerprint density at radius 1 is 0.875 bits per heavy atom. The van der Waals surface area contributed by atoms with Gasteiger partial charge in [0.15, 0.2) is 0 Å². The Morgan fingerprint density at radius 3 is 2.29 bits per heavy atom. The van der Waals surface area contributed by atoms with Crippen LogP contribution in [0.3, 0.4) is 0 Å². The number of hydrogen-bond acceptors (Lipinski definition) is 4. The van der Waals surface area contributed by atoms with Crippen LogP contribution in [0, 0.1) is 0 Å². The number of nitrogens with zero attached hydrogens (tertiary/aromatic N) is 1. The molecule has 4 rings (SSSR count). The number of rotatable bonds is 1. The van der Waals surface area contributed by atoms with Crippen LogP contribution >= 0.6 is 11.8 Å². The normalized spacial score (nSPS) is 20.4. The second kappa shape index (κ2) is 5.48. The van der Waals surface area contributed by atoms with Gasteiger partial charge in [-0.2, -0.15) is 0 Å². The Labute approximate surface area is 147 Å². The molecule has 5 heteroatoms. The zero-order chi connectivity index (χ0) is 16.9. The molecular weight excluding hydrogens is 317 g/mol. The van der Waals surface area contributed by atoms with Crippen molar-refractivity contribution in [2.75, 3.05) is 0 Å². The number of hydrogen-bond donors (Lipinski definition) is 0. The lowest BCUT2D eigenvalue weighted by Crippen LogP contribution is -2.41. The molecule has 0 aromatic heterocycles. The second-order valence-electron chi connectivity index (χ2n) is 7.18. The molecule has 24 heavy (non-hydrogen) atoms. The maximum absolute atomic E-state index is 6.24. The third-order valence-corrected chi connectivity index (χ3v) is 6.17. The summed E-state index contributed by atoms with van der Waals surface area (Å²) >= 11 is 1.74. The Balaban J connectivity index is 1.77. The van der Waals surface area contributed by atoms with Crippen LogP contribution in [-0.4, -0.2) is 24.5 Å². The highest BCUT2D eigenvalue weighted by Crippen LogP contribution is 2.40. The van der Waals surface area contributed by atoms with Gasteiger partial charge in [-0.25, -0.2) is 0 Å². The minimum absolute atomic E-state index is 0.349. The van der Waals surface area contributed by atoms with Crippen molar-refractivity contribution in [3.05, 3.63) is 48.0 Å². The zero-order valence-electron chi connectivity index (χ0n) is 14.4. The Kier molecular flexibility index (Phi) is 3.64. The summed E-state index contributed by atoms with van der Waals surface area (Å²) in [5.41, 5.74) is 2.42. The predicted octanol–water partition coefficient (Wildman–Crippen LogP) is 4.20. The Bertz CT molecular complexity index is 816. The molecule has 0 bridgehead atoms. The molecule has 0 spiro atoms. The lowest BCUT2D eigenvalue weighted by atomic mass is 9.76. The number of benzene rings is 2. The summed E-state index contributed by atoms with van der Waals surface area (Å²) in [6.07, 6.45) is 1.94. The average Bonchev–Trinajstić information content (AvgIpc) is 2.68. The minimum atomic E-state index is -0.377. The highest BCUT2D eigenvalue weighted by atomic mass is 32.2. The van der Waals surface area contributed by atoms with Crippen LogP contribution in [0.15, 0.2) is 57.2 Å². The third kappa shape index (κ3) is 2.51. The zero-order valence-corrected chi connectivity index (χ0v) is 15.2. The van der Waals surface area contributed by atoms with Gasteiger partial charge in [0.2, 0.25) is 0 Å². The van der Waals surface area contributed by atoms with Gasteiger partial charge in [0.05, 0.1) is 16.9 Å². The first-order valence-electron chi connectivity index (χ1n) is 8.17. The third-order valence-electron chi connectivity index (χ3n) is 5.02. The Hall–Kier alpha value is -1.56. The monoisotopic (exact) mass is 337 g/mol. The first kappa shape index (κ1) is 15.9. The van der Waals surface area contributed by atoms with Crippen molar-refractivity contribution in [1.82, 2.24) is 0 Å². The minimum Gasteiger partial charge on any atom is -0.399 e. The van der Waals surface area contributed by atoms with Gasteiger partial charge >= 0.3 is 7.12 Å². The molecule has 0 unspecified atom stereocenters. The number of fused-ring (bicyclic) bond motifs is 2. The van der Waals surface area contributed by atoms with E-state index in [0.717, 1.165) is 16.7 Å². The summed E-state index contributed by atoms with van der Waals surface area (Å²) in [5.74, 6) is 0. The molecule has 3 nitrogen and oxygen atoms in total. The smallest absolute Gasteiger partial charge is 0.399 e. The molecule has 1 saturated heterocycles. The maximum Gasteiger partial charge on any atom is 0.495 e. The summed E-state index contributed by atoms with van der Waals surface area (Å²) in [6.45, 7) is 8.31. The maximum atomic E-state index is 6.24. The number of aliphatic imine (C=N–C) groups is 1. The molecule has 0 N–H and O–H groups in total. The van der Waals surface area contributed by atoms with Crippen LogP contribution in [0.5, 0.6) is 0 Å². The molecule has 0 radical (unpaired) electrons. The Morgan fingerprint density at radius 2 is 1.54 bits per heavy atom. The summed E-state index contributed by atoms with van der Waals surface area (Å²) < 4.78 is 12.5. The summed E-state index contributed by atoms with van der Waals surface area (Å²) in [5, 5.41) is 0. The van der Waals surface area contributed by atoms with Gasteiger partial charge in [-0.15, -0.1) is 0 Å². The summed E-state index contributed by atoms with van der Waals surface area (Å²) in [7, 11) is -0.377. The molecule has 0 amide bonds. The van der Waals surface area contributed by atoms with Crippen LogP contribution in [-0.2, 0) is 9.31 Å². The van der Waals surface area contributed by atoms with Crippen LogP contribution in [0.25, 0.3) is 0 Å². The molecule has 2 aliphatic rings. The fourth-order valence-electron chi connectivity index (χ4n) is 2.87. The van der Waals surface area contributed by atoms with Crippen LogP contribution in [0.2, 0.25) is 0 Å². The molecule has 0 saturated carbocycles. The molecule has 2 aliphatic heterocycles. The molecule has 1 fully saturated rings. The lowest BCUT2D eigenvalue weighted by molar-refractivity contribution is 0.00578. The summed E-state index contributed by atoms with van der Waals surface area (Å²) in [6, 6.07) is 14.5. The lowest BCUT2D eigenvalue weighted by Gasteiger charge is -2.32. The van der Waals surface area contributed by atoms with Crippen LogP contribution < -0.4 is 5.46 Å². The van der Waals surface area contributed by atoms with E-state index >= 15 is 0 Å². The molecule has 2 heterocycles. The fourth-order valence-corrected chi connectivity index (χ4v) is 3.90. The molecule has 0 atom stereocenters. The van der Waals surface area contributed by atoms with Crippen molar-refractivity contribution in [3.8, 4) is 0 Å². The van der Waals surface area contributed by atoms with Crippen molar-refractivity contribution in [3.63, 3.8) is 0 Å². The standard InChI is InChI=1S/C19H20BNO2S/c1-18(2)19(3,4)23-20(22-18)14-8-7-11-16-13(14)12-21-15-9-5-6-10-17(15)24-16/h5-12H,1-4H3. The van der Waals surface area contributed by atoms with Crippen molar-refractivity contribution < 1.29 is 9.31 Å². The first-order valence-corrected chi connectivity index (χ1v) is 8.98. The molecular formula is C19H20BNO2S. The molecule has 122 valence electrons. The topological polar surface area (TPSA) is 30.8 Å². The van der Waals surface area contributed by atoms with Gasteiger partial charge < -0.3 is 9.31 Å². The van der Waals surface area contributed by atoms with Crippen molar-refractivity contribution in [1.29, 1.82) is 0 Å². The fraction of sp³-hybridized carbons (Fsp3) is 0.316. The van der Waals surface area contributed by atoms with Crippen molar-refractivity contribution >= 4 is 36.2 Å². The quantitative estimate of drug-likeness (QED) is 0.624. The largest absolute Gasteiger partial charge is 0.495 e. The molecule has 0 aliphatic carbocycles. The van der Waals surface area contributed by atoms with Crippen LogP contribution in [0.4, 0.5) is 5.69 Å². The van der Waals surface area contributed by atoms with Gasteiger partial charge in [0.1, 0.15) is 0 Å². The van der Waals surface area contributed by atoms with E-state index < -0.39 is 0 Å². The summed E-state index contributed by atoms with van der Waals surface area (Å²) in [4.78, 5) is 7.02. The van der Waals surface area contributed by atoms with Gasteiger partial charge in [-0.1, -0.05) is 36.0 Å². The second-order valence-corrected chi connectivity index (χ2v) is 8.26. The molecule has 2 aromatic carbocycles. The highest BCUT2D eigenvalue weighted by molar-refractivity contribution is 7.99. The van der Waals surface area contributed by atoms with Crippen molar-refractivity contribution in [2.45, 2.75) is 48.7 Å². The van der Waals surface area contributed by atoms with E-state index in [1.807, 2.05) is 24.4 Å². The van der Waals surface area contributed by atoms with Gasteiger partial charge in [0, 0.05) is 21.6 Å². The average molecular weight is 337 g/mol. The highest BCUT2D eigenvalue weighted by Gasteiger charge is 2.52. The van der Waals surface area contributed by atoms with E-state index in [2.05, 4.69) is 57.0 Å². The van der Waals surface area contributed by atoms with Crippen molar-refractivity contribution in [2.24, 2.45) is 4.99 Å². The van der Waals surface area contributed by atoms with Gasteiger partial charge in [-0.05, 0) is 51.4 Å². The first-order chi connectivity index (χ1) is 11.4. The van der Waals surface area contributed by atoms with E-state index in [4.69, 9.17) is 9.31 Å². The van der Waals surface area contributed by atoms with E-state index in [1.54, 1.807) is 11.8 Å². The SMILES string of the molecule is CC1(C)OB(c2cccc3c2C=Nc2ccccc2S3)OC1(C)C. The van der Waals surface area contributed by atoms with E-state index in [9.17, 15) is 0 Å². The van der Waals surface area contributed by atoms with E-state index in [1.165, 1.54) is 9.79 Å². The van der Waals surface area contributed by atoms with Crippen LogP contribution in [0.1, 0.15) is 33.3 Å². The predicted molar refractivity (Wildman–Crippen MR) is 100.0 cm³/mol. The van der Waals surface area contributed by atoms with E-state index in [0.29, 0.717) is 0 Å². The van der Waals surface area contributed by atoms with Gasteiger partial charge in [-0.3, -0.25) is 4.99 Å².